The Balaban J connectivity index is 1.99. The van der Waals surface area contributed by atoms with Crippen LogP contribution >= 0.6 is 11.8 Å². The summed E-state index contributed by atoms with van der Waals surface area (Å²) >= 11 is 1.31. The van der Waals surface area contributed by atoms with Crippen molar-refractivity contribution in [2.75, 3.05) is 16.4 Å². The molecule has 8 heteroatoms. The summed E-state index contributed by atoms with van der Waals surface area (Å²) in [6.45, 7) is 5.55. The molecule has 2 heterocycles. The van der Waals surface area contributed by atoms with E-state index in [2.05, 4.69) is 4.99 Å². The predicted molar refractivity (Wildman–Crippen MR) is 99.3 cm³/mol. The molecule has 0 N–H and O–H groups in total. The molecular formula is C17H21FN2O3S2. The number of rotatable bonds is 3. The highest BCUT2D eigenvalue weighted by atomic mass is 32.2. The molecule has 0 radical (unpaired) electrons. The zero-order valence-electron chi connectivity index (χ0n) is 14.4. The lowest BCUT2D eigenvalue weighted by atomic mass is 10.1. The van der Waals surface area contributed by atoms with Crippen LogP contribution in [-0.2, 0) is 14.6 Å². The summed E-state index contributed by atoms with van der Waals surface area (Å²) < 4.78 is 38.0. The first-order chi connectivity index (χ1) is 11.7. The molecule has 0 aliphatic carbocycles. The van der Waals surface area contributed by atoms with Crippen molar-refractivity contribution >= 4 is 38.4 Å². The van der Waals surface area contributed by atoms with E-state index in [0.29, 0.717) is 22.8 Å². The average molecular weight is 384 g/mol. The summed E-state index contributed by atoms with van der Waals surface area (Å²) in [5.74, 6) is -0.353. The molecule has 25 heavy (non-hydrogen) atoms. The van der Waals surface area contributed by atoms with Gasteiger partial charge < -0.3 is 4.90 Å². The fourth-order valence-electron chi connectivity index (χ4n) is 3.10. The molecule has 2 aliphatic rings. The first-order valence-corrected chi connectivity index (χ1v) is 10.9. The Hall–Kier alpha value is -1.41. The van der Waals surface area contributed by atoms with Crippen LogP contribution in [0.5, 0.6) is 0 Å². The SMILES string of the molecule is Cc1ccc(N2C(=NC(=O)CC(C)C)S[C@H]3CS(=O)(=O)C[C@@H]32)cc1F. The summed E-state index contributed by atoms with van der Waals surface area (Å²) in [6, 6.07) is 4.46. The normalized spacial score (nSPS) is 26.4. The number of hydrogen-bond donors (Lipinski definition) is 0. The third-order valence-electron chi connectivity index (χ3n) is 4.30. The Morgan fingerprint density at radius 3 is 2.76 bits per heavy atom. The zero-order valence-corrected chi connectivity index (χ0v) is 16.0. The van der Waals surface area contributed by atoms with E-state index in [1.54, 1.807) is 24.0 Å². The van der Waals surface area contributed by atoms with E-state index < -0.39 is 9.84 Å². The van der Waals surface area contributed by atoms with Crippen molar-refractivity contribution in [3.8, 4) is 0 Å². The number of fused-ring (bicyclic) bond motifs is 1. The summed E-state index contributed by atoms with van der Waals surface area (Å²) in [6.07, 6.45) is 0.327. The van der Waals surface area contributed by atoms with Gasteiger partial charge in [0.1, 0.15) is 5.82 Å². The Labute approximate surface area is 151 Å². The van der Waals surface area contributed by atoms with Gasteiger partial charge in [-0.2, -0.15) is 4.99 Å². The average Bonchev–Trinajstić information content (AvgIpc) is 2.92. The molecule has 2 aliphatic heterocycles. The third-order valence-corrected chi connectivity index (χ3v) is 7.51. The molecule has 0 aromatic heterocycles. The van der Waals surface area contributed by atoms with Gasteiger partial charge in [-0.05, 0) is 30.5 Å². The second kappa shape index (κ2) is 6.72. The maximum Gasteiger partial charge on any atom is 0.248 e. The number of aryl methyl sites for hydroxylation is 1. The molecule has 0 spiro atoms. The lowest BCUT2D eigenvalue weighted by Crippen LogP contribution is -2.37. The number of halogens is 1. The predicted octanol–water partition coefficient (Wildman–Crippen LogP) is 2.78. The van der Waals surface area contributed by atoms with E-state index in [4.69, 9.17) is 0 Å². The van der Waals surface area contributed by atoms with Crippen molar-refractivity contribution in [2.45, 2.75) is 38.5 Å². The molecule has 1 amide bonds. The second-order valence-electron chi connectivity index (χ2n) is 6.99. The van der Waals surface area contributed by atoms with Crippen LogP contribution in [0.3, 0.4) is 0 Å². The summed E-state index contributed by atoms with van der Waals surface area (Å²) in [5, 5.41) is 0.291. The molecule has 0 unspecified atom stereocenters. The molecule has 1 aromatic carbocycles. The first kappa shape index (κ1) is 18.4. The van der Waals surface area contributed by atoms with Gasteiger partial charge in [0.25, 0.3) is 0 Å². The van der Waals surface area contributed by atoms with Gasteiger partial charge in [-0.25, -0.2) is 12.8 Å². The van der Waals surface area contributed by atoms with E-state index in [9.17, 15) is 17.6 Å². The van der Waals surface area contributed by atoms with Gasteiger partial charge >= 0.3 is 0 Å². The van der Waals surface area contributed by atoms with Gasteiger partial charge in [0.2, 0.25) is 5.91 Å². The lowest BCUT2D eigenvalue weighted by Gasteiger charge is -2.24. The molecule has 2 atom stereocenters. The fraction of sp³-hybridized carbons (Fsp3) is 0.529. The second-order valence-corrected chi connectivity index (χ2v) is 10.4. The van der Waals surface area contributed by atoms with Crippen LogP contribution in [-0.4, -0.2) is 42.3 Å². The number of amidine groups is 1. The van der Waals surface area contributed by atoms with Crippen molar-refractivity contribution in [3.05, 3.63) is 29.6 Å². The number of benzene rings is 1. The van der Waals surface area contributed by atoms with E-state index in [0.717, 1.165) is 0 Å². The molecule has 0 bridgehead atoms. The van der Waals surface area contributed by atoms with Crippen molar-refractivity contribution in [1.82, 2.24) is 0 Å². The quantitative estimate of drug-likeness (QED) is 0.802. The zero-order chi connectivity index (χ0) is 18.4. The number of aliphatic imine (C=N–C) groups is 1. The molecule has 136 valence electrons. The molecule has 2 saturated heterocycles. The number of nitrogens with zero attached hydrogens (tertiary/aromatic N) is 2. The van der Waals surface area contributed by atoms with Crippen LogP contribution in [0, 0.1) is 18.7 Å². The number of anilines is 1. The van der Waals surface area contributed by atoms with Gasteiger partial charge in [-0.1, -0.05) is 31.7 Å². The van der Waals surface area contributed by atoms with Crippen molar-refractivity contribution in [3.63, 3.8) is 0 Å². The van der Waals surface area contributed by atoms with E-state index in [1.807, 2.05) is 13.8 Å². The summed E-state index contributed by atoms with van der Waals surface area (Å²) in [4.78, 5) is 18.1. The molecule has 1 aromatic rings. The number of amides is 1. The fourth-order valence-corrected chi connectivity index (χ4v) is 7.03. The molecule has 5 nitrogen and oxygen atoms in total. The van der Waals surface area contributed by atoms with Gasteiger partial charge in [-0.15, -0.1) is 0 Å². The maximum atomic E-state index is 14.0. The minimum absolute atomic E-state index is 0.00243. The topological polar surface area (TPSA) is 66.8 Å². The van der Waals surface area contributed by atoms with Crippen LogP contribution in [0.1, 0.15) is 25.8 Å². The number of carbonyl (C=O) groups is 1. The third kappa shape index (κ3) is 3.89. The largest absolute Gasteiger partial charge is 0.315 e. The Bertz CT molecular complexity index is 836. The van der Waals surface area contributed by atoms with E-state index in [-0.39, 0.29) is 40.4 Å². The Kier molecular flexibility index (Phi) is 4.94. The highest BCUT2D eigenvalue weighted by Gasteiger charge is 2.49. The van der Waals surface area contributed by atoms with Crippen LogP contribution in [0.4, 0.5) is 10.1 Å². The Morgan fingerprint density at radius 2 is 2.12 bits per heavy atom. The molecule has 0 saturated carbocycles. The van der Waals surface area contributed by atoms with Gasteiger partial charge in [0.15, 0.2) is 15.0 Å². The number of thioether (sulfide) groups is 1. The molecular weight excluding hydrogens is 363 g/mol. The Morgan fingerprint density at radius 1 is 1.40 bits per heavy atom. The number of hydrogen-bond acceptors (Lipinski definition) is 4. The van der Waals surface area contributed by atoms with Crippen molar-refractivity contribution in [2.24, 2.45) is 10.9 Å². The number of sulfone groups is 1. The summed E-state index contributed by atoms with van der Waals surface area (Å²) in [7, 11) is -3.13. The minimum Gasteiger partial charge on any atom is -0.315 e. The van der Waals surface area contributed by atoms with Crippen molar-refractivity contribution in [1.29, 1.82) is 0 Å². The van der Waals surface area contributed by atoms with E-state index in [1.165, 1.54) is 17.8 Å². The van der Waals surface area contributed by atoms with Gasteiger partial charge in [-0.3, -0.25) is 4.79 Å². The van der Waals surface area contributed by atoms with Crippen LogP contribution in [0.25, 0.3) is 0 Å². The number of carbonyl (C=O) groups excluding carboxylic acids is 1. The van der Waals surface area contributed by atoms with Crippen LogP contribution in [0.15, 0.2) is 23.2 Å². The van der Waals surface area contributed by atoms with Gasteiger partial charge in [0, 0.05) is 17.4 Å². The molecule has 2 fully saturated rings. The van der Waals surface area contributed by atoms with Gasteiger partial charge in [0.05, 0.1) is 17.5 Å². The highest BCUT2D eigenvalue weighted by molar-refractivity contribution is 8.16. The van der Waals surface area contributed by atoms with Crippen LogP contribution in [0.2, 0.25) is 0 Å². The standard InChI is InChI=1S/C17H21FN2O3S2/c1-10(2)6-16(21)19-17-20(12-5-4-11(3)13(18)7-12)14-8-25(22,23)9-15(14)24-17/h4-5,7,10,14-15H,6,8-9H2,1-3H3/t14-,15-/m0/s1. The highest BCUT2D eigenvalue weighted by Crippen LogP contribution is 2.41. The minimum atomic E-state index is -3.13. The smallest absolute Gasteiger partial charge is 0.248 e. The van der Waals surface area contributed by atoms with E-state index >= 15 is 0 Å². The van der Waals surface area contributed by atoms with Crippen molar-refractivity contribution < 1.29 is 17.6 Å². The monoisotopic (exact) mass is 384 g/mol. The maximum absolute atomic E-state index is 14.0. The summed E-state index contributed by atoms with van der Waals surface area (Å²) in [5.41, 5.74) is 1.05. The first-order valence-electron chi connectivity index (χ1n) is 8.20. The molecule has 3 rings (SSSR count). The van der Waals surface area contributed by atoms with Crippen LogP contribution < -0.4 is 4.90 Å². The lowest BCUT2D eigenvalue weighted by molar-refractivity contribution is -0.118.